The molecular weight excluding hydrogens is 334 g/mol. The molecule has 1 amide bonds. The van der Waals surface area contributed by atoms with Gasteiger partial charge < -0.3 is 14.2 Å². The zero-order valence-electron chi connectivity index (χ0n) is 14.3. The van der Waals surface area contributed by atoms with E-state index in [0.717, 1.165) is 16.7 Å². The van der Waals surface area contributed by atoms with Crippen LogP contribution in [0.3, 0.4) is 0 Å². The highest BCUT2D eigenvalue weighted by Gasteiger charge is 2.26. The van der Waals surface area contributed by atoms with Gasteiger partial charge in [-0.3, -0.25) is 4.84 Å². The average molecular weight is 355 g/mol. The zero-order valence-corrected chi connectivity index (χ0v) is 14.3. The molecule has 1 atom stereocenters. The third-order valence-electron chi connectivity index (χ3n) is 3.88. The maximum atomic E-state index is 12.5. The van der Waals surface area contributed by atoms with E-state index >= 15 is 0 Å². The molecule has 7 heteroatoms. The molecule has 1 aliphatic heterocycles. The largest absolute Gasteiger partial charge is 0.445 e. The van der Waals surface area contributed by atoms with Gasteiger partial charge in [-0.1, -0.05) is 47.6 Å². The van der Waals surface area contributed by atoms with Gasteiger partial charge in [0.1, 0.15) is 12.9 Å². The summed E-state index contributed by atoms with van der Waals surface area (Å²) < 4.78 is 10.4. The van der Waals surface area contributed by atoms with Crippen LogP contribution in [0.5, 0.6) is 0 Å². The first-order valence-corrected chi connectivity index (χ1v) is 8.30. The Kier molecular flexibility index (Phi) is 6.19. The molecule has 1 aromatic heterocycles. The number of hydrogen-bond acceptors (Lipinski definition) is 6. The Bertz CT molecular complexity index is 743. The first kappa shape index (κ1) is 17.9. The summed E-state index contributed by atoms with van der Waals surface area (Å²) in [5.41, 5.74) is 5.60. The number of benzene rings is 1. The minimum Gasteiger partial charge on any atom is -0.445 e. The van der Waals surface area contributed by atoms with Gasteiger partial charge in [-0.05, 0) is 11.1 Å². The van der Waals surface area contributed by atoms with E-state index in [0.29, 0.717) is 19.7 Å². The number of carbonyl (C=O) groups excluding carboxylic acids is 1. The van der Waals surface area contributed by atoms with E-state index in [1.807, 2.05) is 36.4 Å². The Labute approximate surface area is 151 Å². The lowest BCUT2D eigenvalue weighted by Gasteiger charge is -2.31. The van der Waals surface area contributed by atoms with E-state index in [4.69, 9.17) is 14.1 Å². The Morgan fingerprint density at radius 3 is 3.00 bits per heavy atom. The van der Waals surface area contributed by atoms with Crippen LogP contribution in [0.4, 0.5) is 4.79 Å². The number of hydroxylamine groups is 1. The Hall–Kier alpha value is -2.90. The van der Waals surface area contributed by atoms with E-state index in [1.54, 1.807) is 23.4 Å². The maximum absolute atomic E-state index is 12.5. The molecule has 0 aliphatic carbocycles. The second kappa shape index (κ2) is 8.98. The normalized spacial score (nSPS) is 16.8. The summed E-state index contributed by atoms with van der Waals surface area (Å²) in [4.78, 5) is 19.5. The van der Waals surface area contributed by atoms with Gasteiger partial charge in [0.05, 0.1) is 18.8 Å². The Balaban J connectivity index is 1.65. The van der Waals surface area contributed by atoms with Crippen LogP contribution in [0.15, 0.2) is 66.0 Å². The van der Waals surface area contributed by atoms with Crippen molar-refractivity contribution in [3.63, 3.8) is 0 Å². The monoisotopic (exact) mass is 355 g/mol. The number of rotatable bonds is 7. The molecule has 1 unspecified atom stereocenters. The fraction of sp³-hybridized carbons (Fsp3) is 0.263. The van der Waals surface area contributed by atoms with Gasteiger partial charge in [0.2, 0.25) is 0 Å². The van der Waals surface area contributed by atoms with Crippen LogP contribution in [-0.2, 0) is 16.2 Å². The van der Waals surface area contributed by atoms with Gasteiger partial charge in [-0.25, -0.2) is 4.79 Å². The van der Waals surface area contributed by atoms with Crippen LogP contribution >= 0.6 is 0 Å². The van der Waals surface area contributed by atoms with Crippen LogP contribution in [0, 0.1) is 0 Å². The lowest BCUT2D eigenvalue weighted by molar-refractivity contribution is 0.0327. The van der Waals surface area contributed by atoms with Gasteiger partial charge in [-0.15, -0.1) is 6.58 Å². The summed E-state index contributed by atoms with van der Waals surface area (Å²) >= 11 is 0. The topological polar surface area (TPSA) is 76.8 Å². The van der Waals surface area contributed by atoms with Gasteiger partial charge in [-0.2, -0.15) is 5.48 Å². The molecule has 0 spiro atoms. The predicted octanol–water partition coefficient (Wildman–Crippen LogP) is 2.79. The van der Waals surface area contributed by atoms with E-state index in [-0.39, 0.29) is 18.7 Å². The van der Waals surface area contributed by atoms with Crippen molar-refractivity contribution < 1.29 is 18.9 Å². The van der Waals surface area contributed by atoms with Crippen LogP contribution in [-0.4, -0.2) is 41.9 Å². The van der Waals surface area contributed by atoms with Crippen molar-refractivity contribution in [3.8, 4) is 0 Å². The molecule has 0 saturated heterocycles. The van der Waals surface area contributed by atoms with Crippen molar-refractivity contribution in [2.45, 2.75) is 12.6 Å². The van der Waals surface area contributed by atoms with Crippen LogP contribution < -0.4 is 5.48 Å². The van der Waals surface area contributed by atoms with E-state index < -0.39 is 0 Å². The molecular formula is C19H21N3O4. The quantitative estimate of drug-likeness (QED) is 0.468. The second-order valence-electron chi connectivity index (χ2n) is 5.85. The number of aromatic nitrogens is 1. The summed E-state index contributed by atoms with van der Waals surface area (Å²) in [7, 11) is 0. The molecule has 1 aromatic carbocycles. The molecule has 0 bridgehead atoms. The van der Waals surface area contributed by atoms with Crippen molar-refractivity contribution in [1.29, 1.82) is 0 Å². The average Bonchev–Trinajstić information content (AvgIpc) is 3.22. The number of nitrogens with one attached hydrogen (secondary N) is 1. The van der Waals surface area contributed by atoms with Crippen molar-refractivity contribution in [2.24, 2.45) is 0 Å². The molecule has 136 valence electrons. The summed E-state index contributed by atoms with van der Waals surface area (Å²) in [6, 6.07) is 9.39. The number of ether oxygens (including phenoxy) is 1. The highest BCUT2D eigenvalue weighted by molar-refractivity contribution is 5.75. The van der Waals surface area contributed by atoms with E-state index in [1.165, 1.54) is 0 Å². The highest BCUT2D eigenvalue weighted by Crippen LogP contribution is 2.21. The predicted molar refractivity (Wildman–Crippen MR) is 95.8 cm³/mol. The number of hydrogen-bond donors (Lipinski definition) is 1. The fourth-order valence-electron chi connectivity index (χ4n) is 2.64. The van der Waals surface area contributed by atoms with Crippen LogP contribution in [0.25, 0.3) is 5.57 Å². The number of amides is 1. The lowest BCUT2D eigenvalue weighted by Crippen LogP contribution is -2.46. The molecule has 0 saturated carbocycles. The first-order chi connectivity index (χ1) is 12.8. The summed E-state index contributed by atoms with van der Waals surface area (Å²) in [6.07, 6.45) is 6.42. The molecule has 2 heterocycles. The van der Waals surface area contributed by atoms with E-state index in [9.17, 15) is 4.79 Å². The summed E-state index contributed by atoms with van der Waals surface area (Å²) in [5.74, 6) is 0. The smallest absolute Gasteiger partial charge is 0.410 e. The Morgan fingerprint density at radius 2 is 2.27 bits per heavy atom. The van der Waals surface area contributed by atoms with Crippen molar-refractivity contribution in [3.05, 3.63) is 72.6 Å². The molecule has 2 aromatic rings. The molecule has 0 fully saturated rings. The van der Waals surface area contributed by atoms with Crippen LogP contribution in [0.1, 0.15) is 11.1 Å². The fourth-order valence-corrected chi connectivity index (χ4v) is 2.64. The molecule has 7 nitrogen and oxygen atoms in total. The second-order valence-corrected chi connectivity index (χ2v) is 5.85. The number of carbonyl (C=O) groups is 1. The SMILES string of the molecule is C=CCONC1C=C(c2cnoc2)CN(C(=O)OCc2ccccc2)C1. The van der Waals surface area contributed by atoms with Gasteiger partial charge in [0.25, 0.3) is 0 Å². The van der Waals surface area contributed by atoms with Crippen molar-refractivity contribution >= 4 is 11.7 Å². The minimum atomic E-state index is -0.383. The Morgan fingerprint density at radius 1 is 1.42 bits per heavy atom. The molecule has 26 heavy (non-hydrogen) atoms. The first-order valence-electron chi connectivity index (χ1n) is 8.30. The summed E-state index contributed by atoms with van der Waals surface area (Å²) in [5, 5.41) is 3.73. The third-order valence-corrected chi connectivity index (χ3v) is 3.88. The lowest BCUT2D eigenvalue weighted by atomic mass is 10.0. The van der Waals surface area contributed by atoms with E-state index in [2.05, 4.69) is 17.2 Å². The van der Waals surface area contributed by atoms with Gasteiger partial charge >= 0.3 is 6.09 Å². The highest BCUT2D eigenvalue weighted by atomic mass is 16.6. The van der Waals surface area contributed by atoms with Crippen LogP contribution in [0.2, 0.25) is 0 Å². The zero-order chi connectivity index (χ0) is 18.2. The molecule has 1 N–H and O–H groups in total. The van der Waals surface area contributed by atoms with Crippen molar-refractivity contribution in [1.82, 2.24) is 15.5 Å². The molecule has 0 radical (unpaired) electrons. The van der Waals surface area contributed by atoms with Gasteiger partial charge in [0, 0.05) is 18.7 Å². The third kappa shape index (κ3) is 4.81. The minimum absolute atomic E-state index is 0.183. The van der Waals surface area contributed by atoms with Gasteiger partial charge in [0.15, 0.2) is 0 Å². The standard InChI is InChI=1S/C19H21N3O4/c1-2-8-25-21-18-9-16(17-10-20-26-14-17)11-22(12-18)19(23)24-13-15-6-4-3-5-7-15/h2-7,9-10,14,18,21H,1,8,11-13H2. The number of nitrogens with zero attached hydrogens (tertiary/aromatic N) is 2. The molecule has 1 aliphatic rings. The summed E-state index contributed by atoms with van der Waals surface area (Å²) in [6.45, 7) is 5.05. The van der Waals surface area contributed by atoms with Crippen molar-refractivity contribution in [2.75, 3.05) is 19.7 Å². The maximum Gasteiger partial charge on any atom is 0.410 e. The molecule has 3 rings (SSSR count).